The van der Waals surface area contributed by atoms with Gasteiger partial charge in [-0.1, -0.05) is 19.1 Å². The second-order valence-electron chi connectivity index (χ2n) is 5.05. The smallest absolute Gasteiger partial charge is 0.175 e. The lowest BCUT2D eigenvalue weighted by molar-refractivity contribution is 0.320. The Kier molecular flexibility index (Phi) is 3.54. The molecule has 1 heterocycles. The van der Waals surface area contributed by atoms with E-state index in [1.165, 1.54) is 18.2 Å². The van der Waals surface area contributed by atoms with Crippen LogP contribution in [0.2, 0.25) is 0 Å². The van der Waals surface area contributed by atoms with Gasteiger partial charge in [-0.3, -0.25) is 4.90 Å². The predicted molar refractivity (Wildman–Crippen MR) is 68.6 cm³/mol. The number of rotatable bonds is 3. The molecule has 2 rings (SSSR count). The molecule has 1 aromatic carbocycles. The molecule has 0 unspecified atom stereocenters. The number of hydrogen-bond acceptors (Lipinski definition) is 3. The summed E-state index contributed by atoms with van der Waals surface area (Å²) in [5, 5.41) is 0. The monoisotopic (exact) mass is 253 g/mol. The van der Waals surface area contributed by atoms with Crippen molar-refractivity contribution >= 4 is 9.84 Å². The summed E-state index contributed by atoms with van der Waals surface area (Å²) in [5.74, 6) is 0.783. The van der Waals surface area contributed by atoms with E-state index in [2.05, 4.69) is 11.8 Å². The maximum atomic E-state index is 11.3. The molecule has 0 amide bonds. The van der Waals surface area contributed by atoms with E-state index in [-0.39, 0.29) is 0 Å². The molecule has 0 spiro atoms. The van der Waals surface area contributed by atoms with E-state index in [1.807, 2.05) is 12.1 Å². The van der Waals surface area contributed by atoms with Crippen LogP contribution in [-0.4, -0.2) is 32.7 Å². The van der Waals surface area contributed by atoms with Crippen LogP contribution in [0.5, 0.6) is 0 Å². The van der Waals surface area contributed by atoms with Gasteiger partial charge >= 0.3 is 0 Å². The highest BCUT2D eigenvalue weighted by molar-refractivity contribution is 7.90. The second kappa shape index (κ2) is 4.78. The largest absolute Gasteiger partial charge is 0.299 e. The third-order valence-corrected chi connectivity index (χ3v) is 4.39. The quantitative estimate of drug-likeness (QED) is 0.826. The lowest BCUT2D eigenvalue weighted by atomic mass is 10.2. The van der Waals surface area contributed by atoms with Gasteiger partial charge in [-0.25, -0.2) is 8.42 Å². The van der Waals surface area contributed by atoms with Crippen molar-refractivity contribution in [1.82, 2.24) is 4.90 Å². The maximum absolute atomic E-state index is 11.3. The van der Waals surface area contributed by atoms with Crippen molar-refractivity contribution in [2.75, 3.05) is 19.3 Å². The fraction of sp³-hybridized carbons (Fsp3) is 0.538. The van der Waals surface area contributed by atoms with E-state index in [9.17, 15) is 8.42 Å². The lowest BCUT2D eigenvalue weighted by Gasteiger charge is -2.15. The Morgan fingerprint density at radius 1 is 1.29 bits per heavy atom. The molecule has 1 aliphatic heterocycles. The second-order valence-corrected chi connectivity index (χ2v) is 7.06. The molecule has 3 nitrogen and oxygen atoms in total. The van der Waals surface area contributed by atoms with Gasteiger partial charge < -0.3 is 0 Å². The van der Waals surface area contributed by atoms with Crippen LogP contribution in [0.3, 0.4) is 0 Å². The zero-order chi connectivity index (χ0) is 12.5. The number of sulfone groups is 1. The van der Waals surface area contributed by atoms with Crippen molar-refractivity contribution in [3.8, 4) is 0 Å². The minimum atomic E-state index is -3.07. The van der Waals surface area contributed by atoms with Crippen molar-refractivity contribution in [2.24, 2.45) is 5.92 Å². The minimum Gasteiger partial charge on any atom is -0.299 e. The summed E-state index contributed by atoms with van der Waals surface area (Å²) in [6.45, 7) is 5.49. The maximum Gasteiger partial charge on any atom is 0.175 e. The molecule has 0 aromatic heterocycles. The highest BCUT2D eigenvalue weighted by Crippen LogP contribution is 2.18. The number of likely N-dealkylation sites (tertiary alicyclic amines) is 1. The average molecular weight is 253 g/mol. The SMILES string of the molecule is C[C@H]1CCN(Cc2ccc(S(C)(=O)=O)cc2)C1. The van der Waals surface area contributed by atoms with Gasteiger partial charge in [0.15, 0.2) is 9.84 Å². The van der Waals surface area contributed by atoms with E-state index in [1.54, 1.807) is 12.1 Å². The van der Waals surface area contributed by atoms with Gasteiger partial charge in [-0.05, 0) is 36.6 Å². The summed E-state index contributed by atoms with van der Waals surface area (Å²) in [7, 11) is -3.07. The number of benzene rings is 1. The van der Waals surface area contributed by atoms with Crippen LogP contribution in [0, 0.1) is 5.92 Å². The first kappa shape index (κ1) is 12.6. The molecule has 17 heavy (non-hydrogen) atoms. The summed E-state index contributed by atoms with van der Waals surface area (Å²) < 4.78 is 22.6. The van der Waals surface area contributed by atoms with Crippen molar-refractivity contribution in [1.29, 1.82) is 0 Å². The zero-order valence-corrected chi connectivity index (χ0v) is 11.2. The van der Waals surface area contributed by atoms with E-state index >= 15 is 0 Å². The van der Waals surface area contributed by atoms with Crippen molar-refractivity contribution in [3.63, 3.8) is 0 Å². The van der Waals surface area contributed by atoms with E-state index < -0.39 is 9.84 Å². The summed E-state index contributed by atoms with van der Waals surface area (Å²) in [4.78, 5) is 2.82. The van der Waals surface area contributed by atoms with Crippen molar-refractivity contribution in [3.05, 3.63) is 29.8 Å². The molecule has 0 aliphatic carbocycles. The Labute approximate surface area is 103 Å². The molecule has 1 fully saturated rings. The van der Waals surface area contributed by atoms with Crippen LogP contribution in [0.15, 0.2) is 29.2 Å². The van der Waals surface area contributed by atoms with Crippen molar-refractivity contribution in [2.45, 2.75) is 24.8 Å². The summed E-state index contributed by atoms with van der Waals surface area (Å²) in [6, 6.07) is 7.23. The third kappa shape index (κ3) is 3.30. The average Bonchev–Trinajstić information content (AvgIpc) is 2.63. The van der Waals surface area contributed by atoms with Crippen LogP contribution >= 0.6 is 0 Å². The Morgan fingerprint density at radius 2 is 1.94 bits per heavy atom. The van der Waals surface area contributed by atoms with Crippen LogP contribution in [0.1, 0.15) is 18.9 Å². The standard InChI is InChI=1S/C13H19NO2S/c1-11-7-8-14(9-11)10-12-3-5-13(6-4-12)17(2,15)16/h3-6,11H,7-10H2,1-2H3/t11-/m0/s1. The highest BCUT2D eigenvalue weighted by Gasteiger charge is 2.18. The molecule has 0 bridgehead atoms. The summed E-state index contributed by atoms with van der Waals surface area (Å²) >= 11 is 0. The van der Waals surface area contributed by atoms with Crippen LogP contribution < -0.4 is 0 Å². The van der Waals surface area contributed by atoms with Crippen LogP contribution in [0.25, 0.3) is 0 Å². The Balaban J connectivity index is 2.04. The summed E-state index contributed by atoms with van der Waals surface area (Å²) in [5.41, 5.74) is 1.19. The van der Waals surface area contributed by atoms with Gasteiger partial charge in [0, 0.05) is 19.3 Å². The summed E-state index contributed by atoms with van der Waals surface area (Å²) in [6.07, 6.45) is 2.51. The first-order valence-electron chi connectivity index (χ1n) is 5.96. The normalized spacial score (nSPS) is 21.9. The van der Waals surface area contributed by atoms with E-state index in [0.29, 0.717) is 4.90 Å². The fourth-order valence-electron chi connectivity index (χ4n) is 2.27. The van der Waals surface area contributed by atoms with Crippen molar-refractivity contribution < 1.29 is 8.42 Å². The predicted octanol–water partition coefficient (Wildman–Crippen LogP) is 1.93. The topological polar surface area (TPSA) is 37.4 Å². The van der Waals surface area contributed by atoms with Gasteiger partial charge in [0.2, 0.25) is 0 Å². The third-order valence-electron chi connectivity index (χ3n) is 3.27. The Hall–Kier alpha value is -0.870. The van der Waals surface area contributed by atoms with Gasteiger partial charge in [-0.15, -0.1) is 0 Å². The zero-order valence-electron chi connectivity index (χ0n) is 10.4. The molecule has 1 saturated heterocycles. The molecule has 1 atom stereocenters. The van der Waals surface area contributed by atoms with Crippen LogP contribution in [0.4, 0.5) is 0 Å². The first-order valence-corrected chi connectivity index (χ1v) is 7.85. The number of hydrogen-bond donors (Lipinski definition) is 0. The minimum absolute atomic E-state index is 0.399. The van der Waals surface area contributed by atoms with Gasteiger partial charge in [0.05, 0.1) is 4.90 Å². The van der Waals surface area contributed by atoms with Gasteiger partial charge in [0.1, 0.15) is 0 Å². The fourth-order valence-corrected chi connectivity index (χ4v) is 2.90. The molecular formula is C13H19NO2S. The molecular weight excluding hydrogens is 234 g/mol. The highest BCUT2D eigenvalue weighted by atomic mass is 32.2. The molecule has 4 heteroatoms. The van der Waals surface area contributed by atoms with Gasteiger partial charge in [-0.2, -0.15) is 0 Å². The molecule has 1 aromatic rings. The number of nitrogens with zero attached hydrogens (tertiary/aromatic N) is 1. The molecule has 1 aliphatic rings. The molecule has 0 N–H and O–H groups in total. The molecule has 0 radical (unpaired) electrons. The van der Waals surface area contributed by atoms with E-state index in [0.717, 1.165) is 25.6 Å². The van der Waals surface area contributed by atoms with E-state index in [4.69, 9.17) is 0 Å². The molecule has 0 saturated carbocycles. The Morgan fingerprint density at radius 3 is 2.41 bits per heavy atom. The molecule has 94 valence electrons. The lowest BCUT2D eigenvalue weighted by Crippen LogP contribution is -2.19. The Bertz CT molecular complexity index is 479. The van der Waals surface area contributed by atoms with Crippen LogP contribution in [-0.2, 0) is 16.4 Å². The van der Waals surface area contributed by atoms with Gasteiger partial charge in [0.25, 0.3) is 0 Å². The first-order chi connectivity index (χ1) is 7.95.